The molecule has 1 fully saturated rings. The van der Waals surface area contributed by atoms with E-state index in [4.69, 9.17) is 0 Å². The monoisotopic (exact) mass is 239 g/mol. The van der Waals surface area contributed by atoms with Gasteiger partial charge in [0.25, 0.3) is 0 Å². The standard InChI is InChI=1S/C14H19F2N/c1-14(7-6-11(9-14)17-2)8-10-4-3-5-12(15)13(10)16/h3-5,11,17H,6-9H2,1-2H3. The Hall–Kier alpha value is -0.960. The van der Waals surface area contributed by atoms with Gasteiger partial charge in [-0.3, -0.25) is 0 Å². The van der Waals surface area contributed by atoms with Gasteiger partial charge in [0.2, 0.25) is 0 Å². The summed E-state index contributed by atoms with van der Waals surface area (Å²) in [5, 5.41) is 3.26. The molecule has 0 spiro atoms. The van der Waals surface area contributed by atoms with Gasteiger partial charge in [-0.15, -0.1) is 0 Å². The topological polar surface area (TPSA) is 12.0 Å². The molecule has 0 aliphatic heterocycles. The molecule has 3 heteroatoms. The van der Waals surface area contributed by atoms with Crippen molar-refractivity contribution in [1.29, 1.82) is 0 Å². The summed E-state index contributed by atoms with van der Waals surface area (Å²) < 4.78 is 26.7. The maximum absolute atomic E-state index is 13.6. The van der Waals surface area contributed by atoms with Gasteiger partial charge < -0.3 is 5.32 Å². The second-order valence-corrected chi connectivity index (χ2v) is 5.43. The first kappa shape index (κ1) is 12.5. The van der Waals surface area contributed by atoms with Crippen LogP contribution < -0.4 is 5.32 Å². The van der Waals surface area contributed by atoms with Gasteiger partial charge in [-0.2, -0.15) is 0 Å². The summed E-state index contributed by atoms with van der Waals surface area (Å²) in [7, 11) is 1.96. The van der Waals surface area contributed by atoms with Crippen molar-refractivity contribution in [3.63, 3.8) is 0 Å². The van der Waals surface area contributed by atoms with E-state index < -0.39 is 11.6 Å². The number of hydrogen-bond donors (Lipinski definition) is 1. The van der Waals surface area contributed by atoms with Crippen LogP contribution in [0.3, 0.4) is 0 Å². The Morgan fingerprint density at radius 3 is 2.82 bits per heavy atom. The van der Waals surface area contributed by atoms with Crippen LogP contribution in [0.15, 0.2) is 18.2 Å². The fraction of sp³-hybridized carbons (Fsp3) is 0.571. The second-order valence-electron chi connectivity index (χ2n) is 5.43. The average molecular weight is 239 g/mol. The third kappa shape index (κ3) is 2.65. The third-order valence-electron chi connectivity index (χ3n) is 3.89. The predicted molar refractivity (Wildman–Crippen MR) is 64.9 cm³/mol. The van der Waals surface area contributed by atoms with Crippen LogP contribution in [0.1, 0.15) is 31.7 Å². The molecule has 2 unspecified atom stereocenters. The van der Waals surface area contributed by atoms with Crippen LogP contribution in [0.2, 0.25) is 0 Å². The molecule has 1 aliphatic carbocycles. The molecule has 94 valence electrons. The fourth-order valence-electron chi connectivity index (χ4n) is 2.87. The molecule has 1 N–H and O–H groups in total. The van der Waals surface area contributed by atoms with Crippen molar-refractivity contribution >= 4 is 0 Å². The van der Waals surface area contributed by atoms with Crippen molar-refractivity contribution in [2.75, 3.05) is 7.05 Å². The smallest absolute Gasteiger partial charge is 0.162 e. The fourth-order valence-corrected chi connectivity index (χ4v) is 2.87. The summed E-state index contributed by atoms with van der Waals surface area (Å²) in [6, 6.07) is 4.96. The number of nitrogens with one attached hydrogen (secondary N) is 1. The van der Waals surface area contributed by atoms with Gasteiger partial charge >= 0.3 is 0 Å². The minimum Gasteiger partial charge on any atom is -0.317 e. The molecule has 1 aliphatic rings. The number of hydrogen-bond acceptors (Lipinski definition) is 1. The Labute approximate surface area is 101 Å². The SMILES string of the molecule is CNC1CCC(C)(Cc2cccc(F)c2F)C1. The largest absolute Gasteiger partial charge is 0.317 e. The highest BCUT2D eigenvalue weighted by Crippen LogP contribution is 2.40. The van der Waals surface area contributed by atoms with Crippen LogP contribution in [0, 0.1) is 17.0 Å². The summed E-state index contributed by atoms with van der Waals surface area (Å²) in [5.41, 5.74) is 0.590. The Bertz CT molecular complexity index is 405. The summed E-state index contributed by atoms with van der Waals surface area (Å²) in [5.74, 6) is -1.42. The lowest BCUT2D eigenvalue weighted by atomic mass is 9.82. The zero-order valence-corrected chi connectivity index (χ0v) is 10.4. The average Bonchev–Trinajstić information content (AvgIpc) is 2.67. The van der Waals surface area contributed by atoms with E-state index >= 15 is 0 Å². The van der Waals surface area contributed by atoms with Gasteiger partial charge in [-0.1, -0.05) is 19.1 Å². The minimum atomic E-state index is -0.741. The van der Waals surface area contributed by atoms with Crippen LogP contribution in [0.25, 0.3) is 0 Å². The summed E-state index contributed by atoms with van der Waals surface area (Å²) in [6.45, 7) is 2.16. The maximum Gasteiger partial charge on any atom is 0.162 e. The maximum atomic E-state index is 13.6. The molecular weight excluding hydrogens is 220 g/mol. The molecule has 1 saturated carbocycles. The molecule has 0 heterocycles. The lowest BCUT2D eigenvalue weighted by Crippen LogP contribution is -2.25. The van der Waals surface area contributed by atoms with Gasteiger partial charge in [-0.25, -0.2) is 8.78 Å². The molecule has 17 heavy (non-hydrogen) atoms. The highest BCUT2D eigenvalue weighted by atomic mass is 19.2. The lowest BCUT2D eigenvalue weighted by molar-refractivity contribution is 0.317. The van der Waals surface area contributed by atoms with E-state index in [1.807, 2.05) is 7.05 Å². The van der Waals surface area contributed by atoms with Gasteiger partial charge in [0.15, 0.2) is 11.6 Å². The van der Waals surface area contributed by atoms with E-state index in [2.05, 4.69) is 12.2 Å². The van der Waals surface area contributed by atoms with E-state index in [9.17, 15) is 8.78 Å². The highest BCUT2D eigenvalue weighted by Gasteiger charge is 2.35. The number of benzene rings is 1. The molecule has 2 rings (SSSR count). The van der Waals surface area contributed by atoms with E-state index in [1.54, 1.807) is 12.1 Å². The predicted octanol–water partition coefficient (Wildman–Crippen LogP) is 3.29. The van der Waals surface area contributed by atoms with Crippen molar-refractivity contribution < 1.29 is 8.78 Å². The number of rotatable bonds is 3. The Morgan fingerprint density at radius 1 is 1.41 bits per heavy atom. The van der Waals surface area contributed by atoms with Crippen LogP contribution in [-0.4, -0.2) is 13.1 Å². The normalized spacial score (nSPS) is 28.6. The van der Waals surface area contributed by atoms with E-state index in [-0.39, 0.29) is 5.41 Å². The van der Waals surface area contributed by atoms with Crippen molar-refractivity contribution in [3.05, 3.63) is 35.4 Å². The van der Waals surface area contributed by atoms with Crippen molar-refractivity contribution in [2.45, 2.75) is 38.6 Å². The first-order chi connectivity index (χ1) is 8.04. The second kappa shape index (κ2) is 4.73. The zero-order chi connectivity index (χ0) is 12.5. The molecular formula is C14H19F2N. The Morgan fingerprint density at radius 2 is 2.18 bits per heavy atom. The molecule has 0 bridgehead atoms. The van der Waals surface area contributed by atoms with Crippen LogP contribution >= 0.6 is 0 Å². The quantitative estimate of drug-likeness (QED) is 0.853. The Kier molecular flexibility index (Phi) is 3.48. The van der Waals surface area contributed by atoms with Gasteiger partial charge in [-0.05, 0) is 49.8 Å². The summed E-state index contributed by atoms with van der Waals surface area (Å²) >= 11 is 0. The van der Waals surface area contributed by atoms with Gasteiger partial charge in [0.1, 0.15) is 0 Å². The van der Waals surface area contributed by atoms with Crippen LogP contribution in [0.5, 0.6) is 0 Å². The first-order valence-corrected chi connectivity index (χ1v) is 6.14. The van der Waals surface area contributed by atoms with E-state index in [0.717, 1.165) is 19.3 Å². The van der Waals surface area contributed by atoms with Crippen molar-refractivity contribution in [2.24, 2.45) is 5.41 Å². The highest BCUT2D eigenvalue weighted by molar-refractivity contribution is 5.20. The summed E-state index contributed by atoms with van der Waals surface area (Å²) in [6.07, 6.45) is 3.83. The molecule has 0 saturated heterocycles. The molecule has 1 aromatic rings. The Balaban J connectivity index is 2.13. The molecule has 1 aromatic carbocycles. The van der Waals surface area contributed by atoms with Gasteiger partial charge in [0, 0.05) is 6.04 Å². The van der Waals surface area contributed by atoms with Gasteiger partial charge in [0.05, 0.1) is 0 Å². The first-order valence-electron chi connectivity index (χ1n) is 6.14. The summed E-state index contributed by atoms with van der Waals surface area (Å²) in [4.78, 5) is 0. The molecule has 0 radical (unpaired) electrons. The molecule has 0 aromatic heterocycles. The lowest BCUT2D eigenvalue weighted by Gasteiger charge is -2.24. The zero-order valence-electron chi connectivity index (χ0n) is 10.4. The number of halogens is 2. The van der Waals surface area contributed by atoms with Crippen LogP contribution in [-0.2, 0) is 6.42 Å². The van der Waals surface area contributed by atoms with E-state index in [1.165, 1.54) is 6.07 Å². The molecule has 0 amide bonds. The van der Waals surface area contributed by atoms with Crippen molar-refractivity contribution in [3.8, 4) is 0 Å². The molecule has 1 nitrogen and oxygen atoms in total. The van der Waals surface area contributed by atoms with Crippen molar-refractivity contribution in [1.82, 2.24) is 5.32 Å². The minimum absolute atomic E-state index is 0.0856. The van der Waals surface area contributed by atoms with Crippen LogP contribution in [0.4, 0.5) is 8.78 Å². The third-order valence-corrected chi connectivity index (χ3v) is 3.89. The molecule has 2 atom stereocenters. The van der Waals surface area contributed by atoms with E-state index in [0.29, 0.717) is 18.0 Å².